The summed E-state index contributed by atoms with van der Waals surface area (Å²) in [5.74, 6) is -1.06. The maximum absolute atomic E-state index is 13.5. The van der Waals surface area contributed by atoms with Crippen molar-refractivity contribution < 1.29 is 42.5 Å². The second-order valence-electron chi connectivity index (χ2n) is 8.73. The van der Waals surface area contributed by atoms with Crippen molar-refractivity contribution in [3.05, 3.63) is 81.2 Å². The van der Waals surface area contributed by atoms with E-state index in [1.165, 1.54) is 44.5 Å². The third kappa shape index (κ3) is 9.10. The number of aromatic nitrogens is 2. The Morgan fingerprint density at radius 3 is 2.68 bits per heavy atom. The quantitative estimate of drug-likeness (QED) is 0.132. The molecule has 3 rings (SSSR count). The highest BCUT2D eigenvalue weighted by molar-refractivity contribution is 7.52. The number of ether oxygens (including phenoxy) is 3. The Morgan fingerprint density at radius 2 is 2.00 bits per heavy atom. The van der Waals surface area contributed by atoms with Crippen LogP contribution < -0.4 is 20.9 Å². The fraction of sp³-hybridized carbons (Fsp3) is 0.385. The van der Waals surface area contributed by atoms with Gasteiger partial charge in [0, 0.05) is 18.7 Å². The third-order valence-electron chi connectivity index (χ3n) is 5.70. The van der Waals surface area contributed by atoms with Crippen LogP contribution in [0.5, 0.6) is 5.75 Å². The first kappa shape index (κ1) is 31.7. The standard InChI is InChI=1S/C26H32N3O11P/c1-4-37-23(31)13-9-8-10-18-15-29(26(34)27-24(18)32)22-14-20(30)21(39-22)16-38-41(35,28-17(2)25(33)36-3)40-19-11-6-5-7-12-19/h5-13,15,17,20-22,30H,4,14,16H2,1-3H3,(H,28,35)(H,27,32,34)/t17-,20+,21+,22+,41?/m0/s1. The number of aliphatic hydroxyl groups is 1. The molecule has 2 heterocycles. The van der Waals surface area contributed by atoms with Gasteiger partial charge >= 0.3 is 25.4 Å². The highest BCUT2D eigenvalue weighted by Gasteiger charge is 2.39. The number of carbonyl (C=O) groups is 2. The average Bonchev–Trinajstić information content (AvgIpc) is 3.31. The molecule has 0 saturated carbocycles. The second-order valence-corrected chi connectivity index (χ2v) is 10.4. The topological polar surface area (TPSA) is 184 Å². The number of para-hydroxylation sites is 1. The molecule has 1 aromatic heterocycles. The SMILES string of the molecule is CCOC(=O)C=CC=Cc1cn([C@H]2C[C@@H](O)[C@@H](COP(=O)(N[C@@H](C)C(=O)OC)Oc3ccccc3)O2)c(=O)[nH]c1=O. The highest BCUT2D eigenvalue weighted by atomic mass is 31.2. The minimum absolute atomic E-state index is 0.0538. The zero-order valence-corrected chi connectivity index (χ0v) is 23.5. The molecule has 0 spiro atoms. The normalized spacial score (nSPS) is 21.0. The van der Waals surface area contributed by atoms with E-state index in [9.17, 15) is 28.8 Å². The van der Waals surface area contributed by atoms with Gasteiger partial charge in [-0.1, -0.05) is 30.4 Å². The molecule has 2 aromatic rings. The van der Waals surface area contributed by atoms with Gasteiger partial charge < -0.3 is 23.8 Å². The van der Waals surface area contributed by atoms with E-state index in [1.54, 1.807) is 37.3 Å². The molecule has 1 aliphatic rings. The van der Waals surface area contributed by atoms with Gasteiger partial charge in [-0.15, -0.1) is 0 Å². The number of hydrogen-bond acceptors (Lipinski definition) is 11. The Hall–Kier alpha value is -3.81. The number of benzene rings is 1. The number of carbonyl (C=O) groups excluding carboxylic acids is 2. The lowest BCUT2D eigenvalue weighted by atomic mass is 10.2. The van der Waals surface area contributed by atoms with Gasteiger partial charge in [-0.05, 0) is 32.1 Å². The fourth-order valence-electron chi connectivity index (χ4n) is 3.70. The molecule has 0 radical (unpaired) electrons. The first-order valence-electron chi connectivity index (χ1n) is 12.6. The molecule has 222 valence electrons. The van der Waals surface area contributed by atoms with Gasteiger partial charge in [0.05, 0.1) is 32.0 Å². The maximum Gasteiger partial charge on any atom is 0.459 e. The van der Waals surface area contributed by atoms with E-state index in [-0.39, 0.29) is 24.3 Å². The third-order valence-corrected chi connectivity index (χ3v) is 7.34. The van der Waals surface area contributed by atoms with E-state index in [0.717, 1.165) is 4.57 Å². The average molecular weight is 594 g/mol. The number of methoxy groups -OCH3 is 1. The van der Waals surface area contributed by atoms with Gasteiger partial charge in [-0.3, -0.25) is 23.7 Å². The van der Waals surface area contributed by atoms with Crippen LogP contribution in [0.15, 0.2) is 64.3 Å². The van der Waals surface area contributed by atoms with Crippen molar-refractivity contribution in [3.63, 3.8) is 0 Å². The van der Waals surface area contributed by atoms with Crippen LogP contribution in [-0.2, 0) is 32.9 Å². The predicted octanol–water partition coefficient (Wildman–Crippen LogP) is 1.67. The zero-order valence-electron chi connectivity index (χ0n) is 22.6. The van der Waals surface area contributed by atoms with Crippen molar-refractivity contribution >= 4 is 25.8 Å². The van der Waals surface area contributed by atoms with Crippen molar-refractivity contribution in [1.29, 1.82) is 0 Å². The monoisotopic (exact) mass is 593 g/mol. The molecule has 1 aromatic carbocycles. The van der Waals surface area contributed by atoms with Crippen molar-refractivity contribution in [2.24, 2.45) is 0 Å². The fourth-order valence-corrected chi connectivity index (χ4v) is 5.20. The Bertz CT molecular complexity index is 1420. The van der Waals surface area contributed by atoms with Crippen LogP contribution in [0.2, 0.25) is 0 Å². The Labute approximate surface area is 235 Å². The molecule has 5 atom stereocenters. The summed E-state index contributed by atoms with van der Waals surface area (Å²) in [7, 11) is -3.02. The van der Waals surface area contributed by atoms with E-state index in [4.69, 9.17) is 18.5 Å². The van der Waals surface area contributed by atoms with Crippen molar-refractivity contribution in [1.82, 2.24) is 14.6 Å². The van der Waals surface area contributed by atoms with E-state index in [2.05, 4.69) is 14.8 Å². The van der Waals surface area contributed by atoms with Gasteiger partial charge in [-0.2, -0.15) is 5.09 Å². The van der Waals surface area contributed by atoms with Crippen molar-refractivity contribution in [3.8, 4) is 5.75 Å². The van der Waals surface area contributed by atoms with Gasteiger partial charge in [0.1, 0.15) is 24.1 Å². The summed E-state index contributed by atoms with van der Waals surface area (Å²) in [6, 6.07) is 7.05. The Morgan fingerprint density at radius 1 is 1.27 bits per heavy atom. The van der Waals surface area contributed by atoms with E-state index >= 15 is 0 Å². The van der Waals surface area contributed by atoms with Crippen molar-refractivity contribution in [2.75, 3.05) is 20.3 Å². The predicted molar refractivity (Wildman–Crippen MR) is 146 cm³/mol. The molecule has 14 nitrogen and oxygen atoms in total. The van der Waals surface area contributed by atoms with Crippen LogP contribution >= 0.6 is 7.75 Å². The number of rotatable bonds is 13. The van der Waals surface area contributed by atoms with Crippen LogP contribution in [0.25, 0.3) is 6.08 Å². The molecule has 1 saturated heterocycles. The summed E-state index contributed by atoms with van der Waals surface area (Å²) < 4.78 is 40.9. The van der Waals surface area contributed by atoms with Gasteiger partial charge in [0.2, 0.25) is 0 Å². The smallest absolute Gasteiger partial charge is 0.459 e. The molecular formula is C26H32N3O11P. The number of allylic oxidation sites excluding steroid dienone is 2. The zero-order chi connectivity index (χ0) is 30.0. The number of aromatic amines is 1. The molecule has 0 aliphatic carbocycles. The molecule has 1 aliphatic heterocycles. The van der Waals surface area contributed by atoms with Gasteiger partial charge in [0.15, 0.2) is 0 Å². The second kappa shape index (κ2) is 14.7. The lowest BCUT2D eigenvalue weighted by Gasteiger charge is -2.24. The number of aliphatic hydroxyl groups excluding tert-OH is 1. The summed E-state index contributed by atoms with van der Waals surface area (Å²) in [5.41, 5.74) is -1.37. The summed E-state index contributed by atoms with van der Waals surface area (Å²) in [6.07, 6.45) is 3.35. The minimum atomic E-state index is -4.19. The van der Waals surface area contributed by atoms with Crippen LogP contribution in [0.1, 0.15) is 32.1 Å². The summed E-state index contributed by atoms with van der Waals surface area (Å²) >= 11 is 0. The maximum atomic E-state index is 13.5. The van der Waals surface area contributed by atoms with Crippen LogP contribution in [-0.4, -0.2) is 65.2 Å². The number of H-pyrrole nitrogens is 1. The van der Waals surface area contributed by atoms with Gasteiger partial charge in [0.25, 0.3) is 5.56 Å². The molecule has 15 heteroatoms. The molecule has 3 N–H and O–H groups in total. The lowest BCUT2D eigenvalue weighted by molar-refractivity contribution is -0.142. The number of nitrogens with zero attached hydrogens (tertiary/aromatic N) is 1. The number of hydrogen-bond donors (Lipinski definition) is 3. The number of nitrogens with one attached hydrogen (secondary N) is 2. The van der Waals surface area contributed by atoms with E-state index in [1.807, 2.05) is 0 Å². The van der Waals surface area contributed by atoms with Crippen LogP contribution in [0, 0.1) is 0 Å². The lowest BCUT2D eigenvalue weighted by Crippen LogP contribution is -2.36. The largest absolute Gasteiger partial charge is 0.468 e. The number of esters is 2. The first-order chi connectivity index (χ1) is 19.5. The highest BCUT2D eigenvalue weighted by Crippen LogP contribution is 2.45. The molecule has 1 unspecified atom stereocenters. The van der Waals surface area contributed by atoms with E-state index < -0.39 is 62.0 Å². The molecule has 1 fully saturated rings. The molecule has 41 heavy (non-hydrogen) atoms. The minimum Gasteiger partial charge on any atom is -0.468 e. The molecular weight excluding hydrogens is 561 g/mol. The summed E-state index contributed by atoms with van der Waals surface area (Å²) in [5, 5.41) is 13.1. The molecule has 0 bridgehead atoms. The Kier molecular flexibility index (Phi) is 11.4. The molecule has 0 amide bonds. The van der Waals surface area contributed by atoms with Crippen molar-refractivity contribution in [2.45, 2.75) is 44.7 Å². The van der Waals surface area contributed by atoms with E-state index in [0.29, 0.717) is 0 Å². The summed E-state index contributed by atoms with van der Waals surface area (Å²) in [4.78, 5) is 50.3. The van der Waals surface area contributed by atoms with Crippen LogP contribution in [0.4, 0.5) is 0 Å². The summed E-state index contributed by atoms with van der Waals surface area (Å²) in [6.45, 7) is 2.86. The Balaban J connectivity index is 1.73. The van der Waals surface area contributed by atoms with Crippen LogP contribution in [0.3, 0.4) is 0 Å². The first-order valence-corrected chi connectivity index (χ1v) is 14.1. The van der Waals surface area contributed by atoms with Gasteiger partial charge in [-0.25, -0.2) is 14.2 Å².